The third kappa shape index (κ3) is 3.68. The van der Waals surface area contributed by atoms with E-state index in [1.54, 1.807) is 29.2 Å². The van der Waals surface area contributed by atoms with Crippen molar-refractivity contribution in [3.8, 4) is 6.07 Å². The van der Waals surface area contributed by atoms with E-state index in [9.17, 15) is 14.4 Å². The molecule has 8 nitrogen and oxygen atoms in total. The second-order valence-electron chi connectivity index (χ2n) is 6.07. The van der Waals surface area contributed by atoms with Crippen molar-refractivity contribution in [2.75, 3.05) is 26.0 Å². The molecular weight excluding hydrogens is 380 g/mol. The summed E-state index contributed by atoms with van der Waals surface area (Å²) >= 11 is 1.27. The van der Waals surface area contributed by atoms with Crippen LogP contribution in [0.1, 0.15) is 36.7 Å². The molecule has 1 aliphatic heterocycles. The Morgan fingerprint density at radius 2 is 1.93 bits per heavy atom. The van der Waals surface area contributed by atoms with Gasteiger partial charge in [0.2, 0.25) is 0 Å². The molecule has 0 atom stereocenters. The molecule has 0 radical (unpaired) electrons. The number of methoxy groups -OCH3 is 1. The van der Waals surface area contributed by atoms with Crippen molar-refractivity contribution in [3.63, 3.8) is 0 Å². The minimum absolute atomic E-state index is 0.292. The highest BCUT2D eigenvalue weighted by Crippen LogP contribution is 2.37. The number of benzene rings is 1. The number of nitrogens with one attached hydrogen (secondary N) is 2. The lowest BCUT2D eigenvalue weighted by molar-refractivity contribution is 0.0962. The molecule has 9 heteroatoms. The Kier molecular flexibility index (Phi) is 5.61. The number of hydrogen-bond donors (Lipinski definition) is 2. The van der Waals surface area contributed by atoms with Gasteiger partial charge in [0.25, 0.3) is 11.8 Å². The second kappa shape index (κ2) is 8.10. The minimum Gasteiger partial charge on any atom is -0.453 e. The molecule has 3 amide bonds. The number of hydrogen-bond acceptors (Lipinski definition) is 6. The highest BCUT2D eigenvalue weighted by atomic mass is 32.1. The third-order valence-corrected chi connectivity index (χ3v) is 5.58. The fraction of sp³-hybridized carbons (Fsp3) is 0.263. The number of rotatable bonds is 3. The van der Waals surface area contributed by atoms with E-state index in [-0.39, 0.29) is 11.8 Å². The average Bonchev–Trinajstić information content (AvgIpc) is 3.09. The zero-order chi connectivity index (χ0) is 20.3. The molecule has 0 fully saturated rings. The summed E-state index contributed by atoms with van der Waals surface area (Å²) in [6, 6.07) is 8.23. The van der Waals surface area contributed by atoms with Gasteiger partial charge in [0.15, 0.2) is 0 Å². The third-order valence-electron chi connectivity index (χ3n) is 4.45. The van der Waals surface area contributed by atoms with Crippen LogP contribution in [0.5, 0.6) is 0 Å². The first-order valence-electron chi connectivity index (χ1n) is 8.49. The molecule has 3 rings (SSSR count). The largest absolute Gasteiger partial charge is 0.453 e. The van der Waals surface area contributed by atoms with Crippen molar-refractivity contribution in [1.82, 2.24) is 10.2 Å². The zero-order valence-electron chi connectivity index (χ0n) is 15.4. The van der Waals surface area contributed by atoms with Gasteiger partial charge >= 0.3 is 6.09 Å². The molecule has 0 saturated carbocycles. The number of anilines is 1. The number of carbonyl (C=O) groups excluding carboxylic acids is 3. The van der Waals surface area contributed by atoms with E-state index in [1.807, 2.05) is 6.07 Å². The first-order chi connectivity index (χ1) is 13.5. The van der Waals surface area contributed by atoms with Crippen molar-refractivity contribution in [2.24, 2.45) is 0 Å². The van der Waals surface area contributed by atoms with Gasteiger partial charge in [-0.1, -0.05) is 0 Å². The van der Waals surface area contributed by atoms with Crippen LogP contribution in [0.25, 0.3) is 0 Å². The van der Waals surface area contributed by atoms with Crippen molar-refractivity contribution in [1.29, 1.82) is 5.26 Å². The Balaban J connectivity index is 1.91. The zero-order valence-corrected chi connectivity index (χ0v) is 16.2. The van der Waals surface area contributed by atoms with Crippen molar-refractivity contribution >= 4 is 34.2 Å². The van der Waals surface area contributed by atoms with Crippen LogP contribution in [0.4, 0.5) is 9.80 Å². The van der Waals surface area contributed by atoms with E-state index < -0.39 is 6.09 Å². The van der Waals surface area contributed by atoms with E-state index in [2.05, 4.69) is 10.6 Å². The molecular formula is C19H18N4O4S. The summed E-state index contributed by atoms with van der Waals surface area (Å²) in [5, 5.41) is 14.7. The topological polar surface area (TPSA) is 112 Å². The average molecular weight is 398 g/mol. The molecule has 28 heavy (non-hydrogen) atoms. The number of thiophene rings is 1. The van der Waals surface area contributed by atoms with Gasteiger partial charge in [-0.05, 0) is 36.2 Å². The second-order valence-corrected chi connectivity index (χ2v) is 7.18. The van der Waals surface area contributed by atoms with Gasteiger partial charge in [0, 0.05) is 24.0 Å². The minimum atomic E-state index is -0.427. The number of fused-ring (bicyclic) bond motifs is 1. The first kappa shape index (κ1) is 19.4. The van der Waals surface area contributed by atoms with Crippen LogP contribution in [0.3, 0.4) is 0 Å². The predicted octanol–water partition coefficient (Wildman–Crippen LogP) is 2.36. The van der Waals surface area contributed by atoms with Crippen LogP contribution < -0.4 is 10.6 Å². The molecule has 1 aromatic heterocycles. The first-order valence-corrected chi connectivity index (χ1v) is 9.31. The van der Waals surface area contributed by atoms with Crippen LogP contribution in [-0.2, 0) is 17.7 Å². The summed E-state index contributed by atoms with van der Waals surface area (Å²) in [4.78, 5) is 39.3. The molecule has 1 aliphatic rings. The van der Waals surface area contributed by atoms with E-state index >= 15 is 0 Å². The maximum Gasteiger partial charge on any atom is 0.409 e. The summed E-state index contributed by atoms with van der Waals surface area (Å²) in [5.41, 5.74) is 2.09. The maximum absolute atomic E-state index is 12.6. The lowest BCUT2D eigenvalue weighted by atomic mass is 10.0. The molecule has 0 saturated heterocycles. The summed E-state index contributed by atoms with van der Waals surface area (Å²) in [6.07, 6.45) is 0.0693. The molecule has 0 unspecified atom stereocenters. The molecule has 0 aliphatic carbocycles. The molecule has 0 spiro atoms. The number of ether oxygens (including phenoxy) is 1. The summed E-state index contributed by atoms with van der Waals surface area (Å²) in [7, 11) is 2.85. The number of nitriles is 1. The fourth-order valence-corrected chi connectivity index (χ4v) is 4.27. The van der Waals surface area contributed by atoms with E-state index in [0.29, 0.717) is 41.2 Å². The Morgan fingerprint density at radius 3 is 2.54 bits per heavy atom. The van der Waals surface area contributed by atoms with Gasteiger partial charge in [0.1, 0.15) is 5.00 Å². The predicted molar refractivity (Wildman–Crippen MR) is 103 cm³/mol. The van der Waals surface area contributed by atoms with E-state index in [1.165, 1.54) is 25.5 Å². The molecule has 0 bridgehead atoms. The van der Waals surface area contributed by atoms with Crippen molar-refractivity contribution in [2.45, 2.75) is 13.0 Å². The summed E-state index contributed by atoms with van der Waals surface area (Å²) in [5.74, 6) is -0.669. The lowest BCUT2D eigenvalue weighted by Crippen LogP contribution is -2.35. The Hall–Kier alpha value is -3.38. The lowest BCUT2D eigenvalue weighted by Gasteiger charge is -2.25. The Morgan fingerprint density at radius 1 is 1.21 bits per heavy atom. The van der Waals surface area contributed by atoms with Crippen LogP contribution in [0.15, 0.2) is 24.3 Å². The SMILES string of the molecule is CNC(=O)c1c(NC(=O)c2ccc(C#N)cc2)sc2c1CCN(C(=O)OC)C2. The normalized spacial score (nSPS) is 12.5. The van der Waals surface area contributed by atoms with E-state index in [0.717, 1.165) is 10.4 Å². The van der Waals surface area contributed by atoms with Crippen LogP contribution in [0, 0.1) is 11.3 Å². The summed E-state index contributed by atoms with van der Waals surface area (Å²) < 4.78 is 4.77. The van der Waals surface area contributed by atoms with Crippen molar-refractivity contribution < 1.29 is 19.1 Å². The number of amides is 3. The van der Waals surface area contributed by atoms with Gasteiger partial charge < -0.3 is 20.3 Å². The highest BCUT2D eigenvalue weighted by Gasteiger charge is 2.30. The maximum atomic E-state index is 12.6. The van der Waals surface area contributed by atoms with Gasteiger partial charge in [-0.15, -0.1) is 11.3 Å². The van der Waals surface area contributed by atoms with E-state index in [4.69, 9.17) is 10.00 Å². The molecule has 2 N–H and O–H groups in total. The van der Waals surface area contributed by atoms with Gasteiger partial charge in [-0.2, -0.15) is 5.26 Å². The number of carbonyl (C=O) groups is 3. The molecule has 144 valence electrons. The van der Waals surface area contributed by atoms with Gasteiger partial charge in [0.05, 0.1) is 30.9 Å². The van der Waals surface area contributed by atoms with Gasteiger partial charge in [-0.3, -0.25) is 9.59 Å². The number of nitrogens with zero attached hydrogens (tertiary/aromatic N) is 2. The highest BCUT2D eigenvalue weighted by molar-refractivity contribution is 7.17. The smallest absolute Gasteiger partial charge is 0.409 e. The van der Waals surface area contributed by atoms with Gasteiger partial charge in [-0.25, -0.2) is 4.79 Å². The van der Waals surface area contributed by atoms with Crippen LogP contribution in [-0.4, -0.2) is 43.5 Å². The van der Waals surface area contributed by atoms with Crippen LogP contribution >= 0.6 is 11.3 Å². The van der Waals surface area contributed by atoms with Crippen molar-refractivity contribution in [3.05, 3.63) is 51.4 Å². The Labute approximate surface area is 165 Å². The Bertz CT molecular complexity index is 975. The van der Waals surface area contributed by atoms with Crippen LogP contribution in [0.2, 0.25) is 0 Å². The standard InChI is InChI=1S/C19H18N4O4S/c1-21-17(25)15-13-7-8-23(19(26)27-2)10-14(13)28-18(15)22-16(24)12-5-3-11(9-20)4-6-12/h3-6H,7-8,10H2,1-2H3,(H,21,25)(H,22,24). The molecule has 2 heterocycles. The quantitative estimate of drug-likeness (QED) is 0.824. The fourth-order valence-electron chi connectivity index (χ4n) is 3.01. The molecule has 2 aromatic rings. The monoisotopic (exact) mass is 398 g/mol. The molecule has 1 aromatic carbocycles. The summed E-state index contributed by atoms with van der Waals surface area (Å²) in [6.45, 7) is 0.757.